The van der Waals surface area contributed by atoms with Crippen LogP contribution in [0.1, 0.15) is 70.3 Å². The van der Waals surface area contributed by atoms with Gasteiger partial charge in [0.25, 0.3) is 0 Å². The van der Waals surface area contributed by atoms with Gasteiger partial charge < -0.3 is 20.3 Å². The van der Waals surface area contributed by atoms with Gasteiger partial charge in [-0.25, -0.2) is 0 Å². The van der Waals surface area contributed by atoms with E-state index >= 15 is 0 Å². The summed E-state index contributed by atoms with van der Waals surface area (Å²) in [5, 5.41) is 0. The van der Waals surface area contributed by atoms with Gasteiger partial charge >= 0.3 is 0 Å². The van der Waals surface area contributed by atoms with Gasteiger partial charge in [-0.1, -0.05) is 56.5 Å². The van der Waals surface area contributed by atoms with Crippen molar-refractivity contribution in [2.45, 2.75) is 83.4 Å². The summed E-state index contributed by atoms with van der Waals surface area (Å²) in [5.74, 6) is 0.441. The van der Waals surface area contributed by atoms with E-state index < -0.39 is 0 Å². The summed E-state index contributed by atoms with van der Waals surface area (Å²) in [4.78, 5) is 28.6. The number of ether oxygens (including phenoxy) is 1. The SMILES string of the molecule is CC(CCC(=O)N1CCC(N(c2ccc(OCc3ccccc3)cc2)C2CCCCC2)CC1)C(N)=O. The van der Waals surface area contributed by atoms with Gasteiger partial charge in [0.1, 0.15) is 12.4 Å². The molecule has 1 aliphatic heterocycles. The average Bonchev–Trinajstić information content (AvgIpc) is 2.92. The van der Waals surface area contributed by atoms with E-state index in [-0.39, 0.29) is 17.7 Å². The average molecular weight is 492 g/mol. The zero-order valence-corrected chi connectivity index (χ0v) is 21.6. The summed E-state index contributed by atoms with van der Waals surface area (Å²) < 4.78 is 6.02. The van der Waals surface area contributed by atoms with Crippen molar-refractivity contribution in [3.05, 3.63) is 60.2 Å². The molecule has 4 rings (SSSR count). The summed E-state index contributed by atoms with van der Waals surface area (Å²) in [6.07, 6.45) is 9.23. The lowest BCUT2D eigenvalue weighted by Gasteiger charge is -2.45. The Balaban J connectivity index is 1.37. The number of carbonyl (C=O) groups excluding carboxylic acids is 2. The first-order chi connectivity index (χ1) is 17.5. The minimum Gasteiger partial charge on any atom is -0.489 e. The van der Waals surface area contributed by atoms with Gasteiger partial charge in [0.2, 0.25) is 11.8 Å². The maximum absolute atomic E-state index is 12.7. The van der Waals surface area contributed by atoms with Crippen LogP contribution in [0.5, 0.6) is 5.75 Å². The smallest absolute Gasteiger partial charge is 0.222 e. The van der Waals surface area contributed by atoms with Crippen molar-refractivity contribution in [1.82, 2.24) is 4.90 Å². The molecule has 1 unspecified atom stereocenters. The highest BCUT2D eigenvalue weighted by Crippen LogP contribution is 2.33. The molecule has 194 valence electrons. The molecule has 6 nitrogen and oxygen atoms in total. The molecule has 36 heavy (non-hydrogen) atoms. The Morgan fingerprint density at radius 1 is 0.944 bits per heavy atom. The standard InChI is InChI=1S/C30H41N3O3/c1-23(30(31)35)12-17-29(34)32-20-18-27(19-21-32)33(25-10-6-3-7-11-25)26-13-15-28(16-14-26)36-22-24-8-4-2-5-9-24/h2,4-5,8-9,13-16,23,25,27H,3,6-7,10-12,17-22H2,1H3,(H2,31,35). The van der Waals surface area contributed by atoms with Gasteiger partial charge in [0, 0.05) is 43.2 Å². The maximum Gasteiger partial charge on any atom is 0.222 e. The number of rotatable bonds is 10. The molecule has 1 atom stereocenters. The second-order valence-corrected chi connectivity index (χ2v) is 10.4. The molecule has 0 spiro atoms. The number of primary amides is 1. The summed E-state index contributed by atoms with van der Waals surface area (Å²) in [7, 11) is 0. The molecular formula is C30H41N3O3. The fourth-order valence-electron chi connectivity index (χ4n) is 5.57. The molecule has 0 aromatic heterocycles. The molecule has 1 heterocycles. The van der Waals surface area contributed by atoms with Crippen molar-refractivity contribution < 1.29 is 14.3 Å². The van der Waals surface area contributed by atoms with Crippen molar-refractivity contribution in [3.63, 3.8) is 0 Å². The first kappa shape index (κ1) is 26.1. The molecule has 2 fully saturated rings. The van der Waals surface area contributed by atoms with Crippen molar-refractivity contribution >= 4 is 17.5 Å². The van der Waals surface area contributed by atoms with Crippen molar-refractivity contribution in [2.75, 3.05) is 18.0 Å². The molecule has 2 aromatic rings. The molecule has 6 heteroatoms. The van der Waals surface area contributed by atoms with Crippen LogP contribution in [0.25, 0.3) is 0 Å². The first-order valence-corrected chi connectivity index (χ1v) is 13.6. The van der Waals surface area contributed by atoms with Crippen LogP contribution in [0, 0.1) is 5.92 Å². The van der Waals surface area contributed by atoms with E-state index in [9.17, 15) is 9.59 Å². The number of nitrogens with zero attached hydrogens (tertiary/aromatic N) is 2. The topological polar surface area (TPSA) is 75.9 Å². The van der Waals surface area contributed by atoms with Gasteiger partial charge in [-0.3, -0.25) is 9.59 Å². The summed E-state index contributed by atoms with van der Waals surface area (Å²) >= 11 is 0. The highest BCUT2D eigenvalue weighted by Gasteiger charge is 2.32. The highest BCUT2D eigenvalue weighted by atomic mass is 16.5. The number of hydrogen-bond acceptors (Lipinski definition) is 4. The Morgan fingerprint density at radius 3 is 2.22 bits per heavy atom. The van der Waals surface area contributed by atoms with Crippen LogP contribution >= 0.6 is 0 Å². The quantitative estimate of drug-likeness (QED) is 0.489. The Bertz CT molecular complexity index is 965. The van der Waals surface area contributed by atoms with Gasteiger partial charge in [0.15, 0.2) is 0 Å². The van der Waals surface area contributed by atoms with Crippen LogP contribution in [-0.2, 0) is 16.2 Å². The molecule has 2 amide bonds. The lowest BCUT2D eigenvalue weighted by Crippen LogP contribution is -2.51. The maximum atomic E-state index is 12.7. The predicted molar refractivity (Wildman–Crippen MR) is 144 cm³/mol. The molecule has 1 saturated heterocycles. The molecule has 0 bridgehead atoms. The minimum absolute atomic E-state index is 0.144. The number of benzene rings is 2. The Labute approximate surface area is 215 Å². The minimum atomic E-state index is -0.332. The van der Waals surface area contributed by atoms with Gasteiger partial charge in [-0.05, 0) is 61.9 Å². The Hall–Kier alpha value is -3.02. The van der Waals surface area contributed by atoms with E-state index in [1.807, 2.05) is 23.1 Å². The molecule has 2 N–H and O–H groups in total. The number of carbonyl (C=O) groups is 2. The van der Waals surface area contributed by atoms with Crippen molar-refractivity contribution in [3.8, 4) is 5.75 Å². The summed E-state index contributed by atoms with van der Waals surface area (Å²) in [6, 6.07) is 19.8. The monoisotopic (exact) mass is 491 g/mol. The van der Waals surface area contributed by atoms with Crippen LogP contribution in [0.15, 0.2) is 54.6 Å². The molecular weight excluding hydrogens is 450 g/mol. The van der Waals surface area contributed by atoms with E-state index in [1.54, 1.807) is 6.92 Å². The fourth-order valence-corrected chi connectivity index (χ4v) is 5.57. The van der Waals surface area contributed by atoms with Crippen LogP contribution in [0.2, 0.25) is 0 Å². The predicted octanol–water partition coefficient (Wildman–Crippen LogP) is 5.30. The number of piperidine rings is 1. The zero-order chi connectivity index (χ0) is 25.3. The Morgan fingerprint density at radius 2 is 1.58 bits per heavy atom. The van der Waals surface area contributed by atoms with E-state index in [2.05, 4.69) is 41.3 Å². The third-order valence-electron chi connectivity index (χ3n) is 7.84. The van der Waals surface area contributed by atoms with Crippen molar-refractivity contribution in [1.29, 1.82) is 0 Å². The van der Waals surface area contributed by atoms with Crippen molar-refractivity contribution in [2.24, 2.45) is 11.7 Å². The molecule has 2 aliphatic rings. The first-order valence-electron chi connectivity index (χ1n) is 13.6. The number of likely N-dealkylation sites (tertiary alicyclic amines) is 1. The molecule has 0 radical (unpaired) electrons. The number of anilines is 1. The number of nitrogens with two attached hydrogens (primary N) is 1. The van der Waals surface area contributed by atoms with Gasteiger partial charge in [-0.2, -0.15) is 0 Å². The fraction of sp³-hybridized carbons (Fsp3) is 0.533. The van der Waals surface area contributed by atoms with E-state index in [4.69, 9.17) is 10.5 Å². The highest BCUT2D eigenvalue weighted by molar-refractivity contribution is 5.79. The molecule has 1 aliphatic carbocycles. The summed E-state index contributed by atoms with van der Waals surface area (Å²) in [6.45, 7) is 3.91. The lowest BCUT2D eigenvalue weighted by molar-refractivity contribution is -0.132. The van der Waals surface area contributed by atoms with Gasteiger partial charge in [0.05, 0.1) is 0 Å². The zero-order valence-electron chi connectivity index (χ0n) is 21.6. The second kappa shape index (κ2) is 12.8. The third kappa shape index (κ3) is 7.02. The van der Waals surface area contributed by atoms with Gasteiger partial charge in [-0.15, -0.1) is 0 Å². The largest absolute Gasteiger partial charge is 0.489 e. The third-order valence-corrected chi connectivity index (χ3v) is 7.84. The van der Waals surface area contributed by atoms with Crippen LogP contribution < -0.4 is 15.4 Å². The normalized spacial score (nSPS) is 18.0. The van der Waals surface area contributed by atoms with Crippen LogP contribution in [0.3, 0.4) is 0 Å². The van der Waals surface area contributed by atoms with Crippen LogP contribution in [-0.4, -0.2) is 41.9 Å². The number of hydrogen-bond donors (Lipinski definition) is 1. The van der Waals surface area contributed by atoms with Crippen LogP contribution in [0.4, 0.5) is 5.69 Å². The summed E-state index contributed by atoms with van der Waals surface area (Å²) in [5.41, 5.74) is 7.77. The Kier molecular flexibility index (Phi) is 9.26. The lowest BCUT2D eigenvalue weighted by atomic mass is 9.90. The number of amides is 2. The second-order valence-electron chi connectivity index (χ2n) is 10.4. The molecule has 1 saturated carbocycles. The molecule has 2 aromatic carbocycles. The van der Waals surface area contributed by atoms with E-state index in [0.717, 1.165) is 37.2 Å². The van der Waals surface area contributed by atoms with E-state index in [1.165, 1.54) is 37.8 Å². The van der Waals surface area contributed by atoms with E-state index in [0.29, 0.717) is 31.5 Å².